The summed E-state index contributed by atoms with van der Waals surface area (Å²) in [5.41, 5.74) is 9.94. The lowest BCUT2D eigenvalue weighted by molar-refractivity contribution is 0.0933. The number of carbonyl (C=O) groups excluding carboxylic acids is 2. The minimum absolute atomic E-state index is 0.0725. The molecule has 0 spiro atoms. The number of carbonyl (C=O) groups is 2. The molecule has 6 nitrogen and oxygen atoms in total. The maximum Gasteiger partial charge on any atom is 0.321 e. The Labute approximate surface area is 162 Å². The molecular weight excluding hydrogens is 364 g/mol. The molecule has 27 heavy (non-hydrogen) atoms. The second kappa shape index (κ2) is 7.12. The van der Waals surface area contributed by atoms with Gasteiger partial charge in [-0.25, -0.2) is 4.79 Å². The van der Waals surface area contributed by atoms with E-state index in [1.807, 2.05) is 18.2 Å². The Balaban J connectivity index is 1.58. The molecule has 0 saturated carbocycles. The highest BCUT2D eigenvalue weighted by Gasteiger charge is 2.25. The second-order valence-corrected chi connectivity index (χ2v) is 7.33. The van der Waals surface area contributed by atoms with Crippen LogP contribution in [0.25, 0.3) is 0 Å². The number of benzene rings is 2. The van der Waals surface area contributed by atoms with Crippen LogP contribution >= 0.6 is 11.6 Å². The molecule has 1 aliphatic heterocycles. The summed E-state index contributed by atoms with van der Waals surface area (Å²) >= 11 is 6.28. The summed E-state index contributed by atoms with van der Waals surface area (Å²) in [6.07, 6.45) is 2.82. The molecule has 140 valence electrons. The van der Waals surface area contributed by atoms with Crippen molar-refractivity contribution in [1.29, 1.82) is 0 Å². The smallest absolute Gasteiger partial charge is 0.321 e. The van der Waals surface area contributed by atoms with E-state index in [4.69, 9.17) is 17.3 Å². The van der Waals surface area contributed by atoms with Gasteiger partial charge in [0.05, 0.1) is 16.6 Å². The fraction of sp³-hybridized carbons (Fsp3) is 0.300. The van der Waals surface area contributed by atoms with E-state index in [1.165, 1.54) is 5.56 Å². The average Bonchev–Trinajstić information content (AvgIpc) is 3.08. The number of hydrogen-bond acceptors (Lipinski definition) is 3. The van der Waals surface area contributed by atoms with E-state index >= 15 is 0 Å². The van der Waals surface area contributed by atoms with Crippen LogP contribution < -0.4 is 21.3 Å². The SMILES string of the molecule is Nc1ccc2c(c1)CCCC2NC(=O)c1cc(N2CCNC2=O)ccc1Cl. The number of urea groups is 1. The summed E-state index contributed by atoms with van der Waals surface area (Å²) in [4.78, 5) is 26.4. The van der Waals surface area contributed by atoms with E-state index in [-0.39, 0.29) is 18.0 Å². The first-order valence-corrected chi connectivity index (χ1v) is 9.45. The van der Waals surface area contributed by atoms with Crippen molar-refractivity contribution in [2.45, 2.75) is 25.3 Å². The van der Waals surface area contributed by atoms with Crippen molar-refractivity contribution in [3.63, 3.8) is 0 Å². The number of fused-ring (bicyclic) bond motifs is 1. The fourth-order valence-electron chi connectivity index (χ4n) is 3.79. The standard InChI is InChI=1S/C20H21ClN4O2/c21-17-7-5-14(25-9-8-23-20(25)27)11-16(17)19(26)24-18-3-1-2-12-10-13(22)4-6-15(12)18/h4-7,10-11,18H,1-3,8-9,22H2,(H,23,27)(H,24,26). The number of nitrogen functional groups attached to an aromatic ring is 1. The van der Waals surface area contributed by atoms with Crippen LogP contribution in [0.4, 0.5) is 16.2 Å². The van der Waals surface area contributed by atoms with Gasteiger partial charge in [0.1, 0.15) is 0 Å². The van der Waals surface area contributed by atoms with E-state index in [0.29, 0.717) is 29.4 Å². The fourth-order valence-corrected chi connectivity index (χ4v) is 4.00. The minimum atomic E-state index is -0.240. The Bertz CT molecular complexity index is 915. The summed E-state index contributed by atoms with van der Waals surface area (Å²) in [6.45, 7) is 1.16. The van der Waals surface area contributed by atoms with Crippen LogP contribution in [0.1, 0.15) is 40.4 Å². The monoisotopic (exact) mass is 384 g/mol. The molecule has 1 atom stereocenters. The molecule has 0 radical (unpaired) electrons. The van der Waals surface area contributed by atoms with Gasteiger partial charge in [0.2, 0.25) is 0 Å². The molecule has 0 aromatic heterocycles. The van der Waals surface area contributed by atoms with Gasteiger partial charge in [0.15, 0.2) is 0 Å². The van der Waals surface area contributed by atoms with Crippen LogP contribution in [-0.4, -0.2) is 25.0 Å². The maximum absolute atomic E-state index is 12.9. The highest BCUT2D eigenvalue weighted by Crippen LogP contribution is 2.32. The van der Waals surface area contributed by atoms with Crippen molar-refractivity contribution < 1.29 is 9.59 Å². The number of nitrogens with zero attached hydrogens (tertiary/aromatic N) is 1. The zero-order chi connectivity index (χ0) is 19.0. The maximum atomic E-state index is 12.9. The molecule has 2 aromatic carbocycles. The van der Waals surface area contributed by atoms with E-state index < -0.39 is 0 Å². The first-order valence-electron chi connectivity index (χ1n) is 9.07. The highest BCUT2D eigenvalue weighted by molar-refractivity contribution is 6.34. The molecule has 3 amide bonds. The molecule has 1 aliphatic carbocycles. The molecule has 1 fully saturated rings. The van der Waals surface area contributed by atoms with Crippen molar-refractivity contribution in [3.8, 4) is 0 Å². The highest BCUT2D eigenvalue weighted by atomic mass is 35.5. The van der Waals surface area contributed by atoms with Crippen molar-refractivity contribution >= 4 is 34.9 Å². The average molecular weight is 385 g/mol. The Morgan fingerprint density at radius 2 is 2.11 bits per heavy atom. The quantitative estimate of drug-likeness (QED) is 0.710. The topological polar surface area (TPSA) is 87.5 Å². The molecule has 0 bridgehead atoms. The first kappa shape index (κ1) is 17.7. The molecule has 1 saturated heterocycles. The van der Waals surface area contributed by atoms with Gasteiger partial charge in [-0.2, -0.15) is 0 Å². The van der Waals surface area contributed by atoms with Gasteiger partial charge >= 0.3 is 6.03 Å². The Morgan fingerprint density at radius 1 is 1.26 bits per heavy atom. The largest absolute Gasteiger partial charge is 0.399 e. The van der Waals surface area contributed by atoms with Crippen molar-refractivity contribution in [1.82, 2.24) is 10.6 Å². The van der Waals surface area contributed by atoms with Crippen molar-refractivity contribution in [2.24, 2.45) is 0 Å². The van der Waals surface area contributed by atoms with Gasteiger partial charge in [-0.05, 0) is 60.7 Å². The number of amides is 3. The molecule has 4 rings (SSSR count). The molecule has 2 aromatic rings. The molecule has 1 heterocycles. The first-order chi connectivity index (χ1) is 13.0. The van der Waals surface area contributed by atoms with Crippen LogP contribution in [0, 0.1) is 0 Å². The molecule has 4 N–H and O–H groups in total. The Kier molecular flexibility index (Phi) is 4.66. The van der Waals surface area contributed by atoms with Crippen LogP contribution in [0.3, 0.4) is 0 Å². The van der Waals surface area contributed by atoms with E-state index in [1.54, 1.807) is 23.1 Å². The minimum Gasteiger partial charge on any atom is -0.399 e. The van der Waals surface area contributed by atoms with Crippen LogP contribution in [-0.2, 0) is 6.42 Å². The summed E-state index contributed by atoms with van der Waals surface area (Å²) in [5, 5.41) is 6.22. The van der Waals surface area contributed by atoms with E-state index in [9.17, 15) is 9.59 Å². The molecule has 1 unspecified atom stereocenters. The third-order valence-electron chi connectivity index (χ3n) is 5.15. The van der Waals surface area contributed by atoms with Gasteiger partial charge in [-0.1, -0.05) is 17.7 Å². The summed E-state index contributed by atoms with van der Waals surface area (Å²) in [5.74, 6) is -0.240. The normalized spacial score (nSPS) is 18.8. The second-order valence-electron chi connectivity index (χ2n) is 6.92. The van der Waals surface area contributed by atoms with Gasteiger partial charge < -0.3 is 16.4 Å². The van der Waals surface area contributed by atoms with Crippen molar-refractivity contribution in [3.05, 3.63) is 58.1 Å². The third-order valence-corrected chi connectivity index (χ3v) is 5.48. The number of aryl methyl sites for hydroxylation is 1. The predicted molar refractivity (Wildman–Crippen MR) is 106 cm³/mol. The number of hydrogen-bond donors (Lipinski definition) is 3. The predicted octanol–water partition coefficient (Wildman–Crippen LogP) is 3.26. The van der Waals surface area contributed by atoms with Gasteiger partial charge in [-0.3, -0.25) is 9.69 Å². The van der Waals surface area contributed by atoms with Crippen LogP contribution in [0.2, 0.25) is 5.02 Å². The third kappa shape index (κ3) is 3.45. The zero-order valence-electron chi connectivity index (χ0n) is 14.8. The van der Waals surface area contributed by atoms with Crippen LogP contribution in [0.5, 0.6) is 0 Å². The molecule has 7 heteroatoms. The van der Waals surface area contributed by atoms with Crippen molar-refractivity contribution in [2.75, 3.05) is 23.7 Å². The van der Waals surface area contributed by atoms with E-state index in [0.717, 1.165) is 30.5 Å². The lowest BCUT2D eigenvalue weighted by atomic mass is 9.87. The number of nitrogens with two attached hydrogens (primary N) is 1. The lowest BCUT2D eigenvalue weighted by Crippen LogP contribution is -2.32. The Morgan fingerprint density at radius 3 is 2.89 bits per heavy atom. The number of rotatable bonds is 3. The van der Waals surface area contributed by atoms with E-state index in [2.05, 4.69) is 10.6 Å². The lowest BCUT2D eigenvalue weighted by Gasteiger charge is -2.27. The van der Waals surface area contributed by atoms with Gasteiger partial charge in [0.25, 0.3) is 5.91 Å². The van der Waals surface area contributed by atoms with Crippen LogP contribution in [0.15, 0.2) is 36.4 Å². The number of halogens is 1. The summed E-state index contributed by atoms with van der Waals surface area (Å²) in [6, 6.07) is 10.7. The summed E-state index contributed by atoms with van der Waals surface area (Å²) in [7, 11) is 0. The zero-order valence-corrected chi connectivity index (χ0v) is 15.6. The Hall–Kier alpha value is -2.73. The van der Waals surface area contributed by atoms with Gasteiger partial charge in [0, 0.05) is 24.5 Å². The number of nitrogens with one attached hydrogen (secondary N) is 2. The summed E-state index contributed by atoms with van der Waals surface area (Å²) < 4.78 is 0. The molecular formula is C20H21ClN4O2. The molecule has 2 aliphatic rings. The number of anilines is 2. The van der Waals surface area contributed by atoms with Gasteiger partial charge in [-0.15, -0.1) is 0 Å².